The van der Waals surface area contributed by atoms with E-state index in [4.69, 9.17) is 20.3 Å². The Morgan fingerprint density at radius 3 is 2.35 bits per heavy atom. The molecule has 0 amide bonds. The molecule has 0 aliphatic rings. The van der Waals surface area contributed by atoms with Crippen molar-refractivity contribution in [2.75, 3.05) is 0 Å². The van der Waals surface area contributed by atoms with E-state index < -0.39 is 12.1 Å². The van der Waals surface area contributed by atoms with Gasteiger partial charge in [0.25, 0.3) is 0 Å². The summed E-state index contributed by atoms with van der Waals surface area (Å²) in [6.45, 7) is -0.0669. The summed E-state index contributed by atoms with van der Waals surface area (Å²) in [7, 11) is 0. The molecule has 0 atom stereocenters. The Kier molecular flexibility index (Phi) is 5.63. The second kappa shape index (κ2) is 6.44. The van der Waals surface area contributed by atoms with Gasteiger partial charge in [0.1, 0.15) is 6.07 Å². The zero-order valence-electron chi connectivity index (χ0n) is 8.27. The molecule has 0 radical (unpaired) electrons. The number of rotatable bonds is 1. The van der Waals surface area contributed by atoms with E-state index >= 15 is 0 Å². The number of halogens is 3. The lowest BCUT2D eigenvalue weighted by Gasteiger charge is -1.93. The van der Waals surface area contributed by atoms with Gasteiger partial charge in [-0.2, -0.15) is 18.4 Å². The molecule has 1 heterocycles. The first-order chi connectivity index (χ1) is 7.81. The highest BCUT2D eigenvalue weighted by Crippen LogP contribution is 2.13. The summed E-state index contributed by atoms with van der Waals surface area (Å²) in [6, 6.07) is 3.53. The highest BCUT2D eigenvalue weighted by molar-refractivity contribution is 5.73. The van der Waals surface area contributed by atoms with E-state index in [-0.39, 0.29) is 6.61 Å². The fourth-order valence-corrected chi connectivity index (χ4v) is 0.635. The molecular weight excluding hydrogens is 241 g/mol. The maximum Gasteiger partial charge on any atom is 0.490 e. The Labute approximate surface area is 93.8 Å². The van der Waals surface area contributed by atoms with Gasteiger partial charge in [0.15, 0.2) is 0 Å². The summed E-state index contributed by atoms with van der Waals surface area (Å²) < 4.78 is 31.7. The summed E-state index contributed by atoms with van der Waals surface area (Å²) >= 11 is 0. The summed E-state index contributed by atoms with van der Waals surface area (Å²) in [5.41, 5.74) is 1.14. The van der Waals surface area contributed by atoms with Crippen LogP contribution in [-0.4, -0.2) is 27.3 Å². The standard InChI is InChI=1S/C7H6N2O.C2HF3O2/c8-2-6-1-7(5-10)4-9-3-6;3-2(4,5)1(6)7/h1,3-4,10H,5H2;(H,6,7). The number of pyridine rings is 1. The van der Waals surface area contributed by atoms with Crippen molar-refractivity contribution < 1.29 is 28.2 Å². The number of nitriles is 1. The van der Waals surface area contributed by atoms with Gasteiger partial charge in [0.05, 0.1) is 12.2 Å². The van der Waals surface area contributed by atoms with Crippen LogP contribution < -0.4 is 0 Å². The Morgan fingerprint density at radius 1 is 1.47 bits per heavy atom. The Balaban J connectivity index is 0.000000325. The Bertz CT molecular complexity index is 426. The molecule has 8 heteroatoms. The van der Waals surface area contributed by atoms with E-state index in [1.54, 1.807) is 6.07 Å². The molecule has 0 bridgehead atoms. The maximum absolute atomic E-state index is 10.6. The van der Waals surface area contributed by atoms with Crippen LogP contribution in [0.25, 0.3) is 0 Å². The van der Waals surface area contributed by atoms with Gasteiger partial charge in [-0.05, 0) is 11.6 Å². The number of alkyl halides is 3. The molecule has 0 aliphatic heterocycles. The molecule has 0 aromatic carbocycles. The number of aliphatic hydroxyl groups is 1. The molecule has 0 spiro atoms. The third-order valence-corrected chi connectivity index (χ3v) is 1.35. The summed E-state index contributed by atoms with van der Waals surface area (Å²) in [6.07, 6.45) is -2.10. The van der Waals surface area contributed by atoms with E-state index in [0.29, 0.717) is 11.1 Å². The first-order valence-corrected chi connectivity index (χ1v) is 4.06. The van der Waals surface area contributed by atoms with Crippen LogP contribution >= 0.6 is 0 Å². The van der Waals surface area contributed by atoms with Gasteiger partial charge in [-0.15, -0.1) is 0 Å². The molecular formula is C9H7F3N2O3. The third-order valence-electron chi connectivity index (χ3n) is 1.35. The van der Waals surface area contributed by atoms with Crippen molar-refractivity contribution in [1.82, 2.24) is 4.98 Å². The zero-order chi connectivity index (χ0) is 13.5. The van der Waals surface area contributed by atoms with Gasteiger partial charge in [-0.1, -0.05) is 0 Å². The van der Waals surface area contributed by atoms with Crippen molar-refractivity contribution in [2.45, 2.75) is 12.8 Å². The zero-order valence-corrected chi connectivity index (χ0v) is 8.27. The second-order valence-corrected chi connectivity index (χ2v) is 2.65. The monoisotopic (exact) mass is 248 g/mol. The number of carboxylic acid groups (broad SMARTS) is 1. The Morgan fingerprint density at radius 2 is 2.00 bits per heavy atom. The summed E-state index contributed by atoms with van der Waals surface area (Å²) in [4.78, 5) is 12.6. The third kappa shape index (κ3) is 6.11. The van der Waals surface area contributed by atoms with Gasteiger partial charge in [-0.25, -0.2) is 4.79 Å². The summed E-state index contributed by atoms with van der Waals surface area (Å²) in [5, 5.41) is 24.1. The number of aliphatic carboxylic acids is 1. The summed E-state index contributed by atoms with van der Waals surface area (Å²) in [5.74, 6) is -2.76. The fourth-order valence-electron chi connectivity index (χ4n) is 0.635. The molecule has 1 aromatic heterocycles. The number of hydrogen-bond acceptors (Lipinski definition) is 4. The molecule has 1 aromatic rings. The molecule has 0 saturated heterocycles. The molecule has 17 heavy (non-hydrogen) atoms. The predicted molar refractivity (Wildman–Crippen MR) is 48.6 cm³/mol. The van der Waals surface area contributed by atoms with Gasteiger partial charge in [0.2, 0.25) is 0 Å². The van der Waals surface area contributed by atoms with E-state index in [1.165, 1.54) is 12.4 Å². The smallest absolute Gasteiger partial charge is 0.475 e. The van der Waals surface area contributed by atoms with E-state index in [0.717, 1.165) is 0 Å². The van der Waals surface area contributed by atoms with Crippen molar-refractivity contribution in [3.63, 3.8) is 0 Å². The lowest BCUT2D eigenvalue weighted by atomic mass is 10.2. The second-order valence-electron chi connectivity index (χ2n) is 2.65. The lowest BCUT2D eigenvalue weighted by Crippen LogP contribution is -2.21. The van der Waals surface area contributed by atoms with Crippen LogP contribution in [-0.2, 0) is 11.4 Å². The van der Waals surface area contributed by atoms with Crippen molar-refractivity contribution in [3.05, 3.63) is 29.6 Å². The number of carbonyl (C=O) groups is 1. The highest BCUT2D eigenvalue weighted by Gasteiger charge is 2.38. The minimum absolute atomic E-state index is 0.0669. The minimum atomic E-state index is -5.08. The largest absolute Gasteiger partial charge is 0.490 e. The quantitative estimate of drug-likeness (QED) is 0.775. The first kappa shape index (κ1) is 14.9. The highest BCUT2D eigenvalue weighted by atomic mass is 19.4. The van der Waals surface area contributed by atoms with E-state index in [1.807, 2.05) is 6.07 Å². The molecule has 0 saturated carbocycles. The predicted octanol–water partition coefficient (Wildman–Crippen LogP) is 1.08. The average Bonchev–Trinajstić information content (AvgIpc) is 2.28. The number of nitrogens with zero attached hydrogens (tertiary/aromatic N) is 2. The van der Waals surface area contributed by atoms with Crippen molar-refractivity contribution in [1.29, 1.82) is 5.26 Å². The molecule has 1 rings (SSSR count). The first-order valence-electron chi connectivity index (χ1n) is 4.06. The maximum atomic E-state index is 10.6. The lowest BCUT2D eigenvalue weighted by molar-refractivity contribution is -0.192. The van der Waals surface area contributed by atoms with Crippen LogP contribution in [0.5, 0.6) is 0 Å². The van der Waals surface area contributed by atoms with E-state index in [9.17, 15) is 13.2 Å². The van der Waals surface area contributed by atoms with Gasteiger partial charge in [0, 0.05) is 12.4 Å². The van der Waals surface area contributed by atoms with Crippen molar-refractivity contribution in [2.24, 2.45) is 0 Å². The number of hydrogen-bond donors (Lipinski definition) is 2. The van der Waals surface area contributed by atoms with Crippen LogP contribution in [0, 0.1) is 11.3 Å². The molecule has 0 aliphatic carbocycles. The SMILES string of the molecule is N#Cc1cncc(CO)c1.O=C(O)C(F)(F)F. The molecule has 5 nitrogen and oxygen atoms in total. The number of carboxylic acids is 1. The van der Waals surface area contributed by atoms with Crippen molar-refractivity contribution >= 4 is 5.97 Å². The number of aliphatic hydroxyl groups excluding tert-OH is 1. The van der Waals surface area contributed by atoms with E-state index in [2.05, 4.69) is 4.98 Å². The molecule has 0 unspecified atom stereocenters. The molecule has 92 valence electrons. The van der Waals surface area contributed by atoms with Crippen LogP contribution in [0.1, 0.15) is 11.1 Å². The number of aromatic nitrogens is 1. The van der Waals surface area contributed by atoms with Crippen LogP contribution in [0.15, 0.2) is 18.5 Å². The average molecular weight is 248 g/mol. The fraction of sp³-hybridized carbons (Fsp3) is 0.222. The van der Waals surface area contributed by atoms with Crippen molar-refractivity contribution in [3.8, 4) is 6.07 Å². The molecule has 0 fully saturated rings. The van der Waals surface area contributed by atoms with Gasteiger partial charge < -0.3 is 10.2 Å². The Hall–Kier alpha value is -2.14. The van der Waals surface area contributed by atoms with Crippen LogP contribution in [0.4, 0.5) is 13.2 Å². The normalized spacial score (nSPS) is 9.82. The van der Waals surface area contributed by atoms with Gasteiger partial charge >= 0.3 is 12.1 Å². The topological polar surface area (TPSA) is 94.2 Å². The van der Waals surface area contributed by atoms with Crippen LogP contribution in [0.2, 0.25) is 0 Å². The molecule has 2 N–H and O–H groups in total. The minimum Gasteiger partial charge on any atom is -0.475 e. The van der Waals surface area contributed by atoms with Gasteiger partial charge in [-0.3, -0.25) is 4.98 Å². The van der Waals surface area contributed by atoms with Crippen LogP contribution in [0.3, 0.4) is 0 Å².